The van der Waals surface area contributed by atoms with Crippen molar-refractivity contribution < 1.29 is 19.1 Å². The van der Waals surface area contributed by atoms with Crippen molar-refractivity contribution in [2.45, 2.75) is 46.3 Å². The molecule has 0 spiro atoms. The number of urea groups is 1. The second-order valence-electron chi connectivity index (χ2n) is 8.26. The van der Waals surface area contributed by atoms with Crippen LogP contribution in [0.3, 0.4) is 0 Å². The highest BCUT2D eigenvalue weighted by Crippen LogP contribution is 2.30. The Balaban J connectivity index is 1.95. The van der Waals surface area contributed by atoms with Crippen LogP contribution in [0.1, 0.15) is 44.9 Å². The van der Waals surface area contributed by atoms with Crippen molar-refractivity contribution in [1.29, 1.82) is 0 Å². The number of anilines is 1. The van der Waals surface area contributed by atoms with E-state index in [2.05, 4.69) is 29.7 Å². The molecule has 0 unspecified atom stereocenters. The molecule has 1 aliphatic heterocycles. The van der Waals surface area contributed by atoms with Crippen molar-refractivity contribution in [3.8, 4) is 5.75 Å². The molecule has 0 aliphatic carbocycles. The smallest absolute Gasteiger partial charge is 0.338 e. The van der Waals surface area contributed by atoms with Gasteiger partial charge in [-0.05, 0) is 62.6 Å². The van der Waals surface area contributed by atoms with Crippen LogP contribution >= 0.6 is 0 Å². The number of carbonyl (C=O) groups excluding carboxylic acids is 2. The number of benzene rings is 2. The Morgan fingerprint density at radius 1 is 1.06 bits per heavy atom. The zero-order valence-corrected chi connectivity index (χ0v) is 20.0. The molecule has 0 bridgehead atoms. The molecule has 3 rings (SSSR count). The van der Waals surface area contributed by atoms with E-state index in [1.165, 1.54) is 5.56 Å². The van der Waals surface area contributed by atoms with Gasteiger partial charge >= 0.3 is 12.0 Å². The Morgan fingerprint density at radius 3 is 2.30 bits per heavy atom. The van der Waals surface area contributed by atoms with E-state index >= 15 is 0 Å². The Bertz CT molecular complexity index is 997. The van der Waals surface area contributed by atoms with Crippen LogP contribution in [0.4, 0.5) is 10.5 Å². The monoisotopic (exact) mass is 451 g/mol. The van der Waals surface area contributed by atoms with Gasteiger partial charge in [-0.1, -0.05) is 31.2 Å². The fourth-order valence-corrected chi connectivity index (χ4v) is 3.77. The topological polar surface area (TPSA) is 79.9 Å². The van der Waals surface area contributed by atoms with Gasteiger partial charge in [0.1, 0.15) is 5.75 Å². The average Bonchev–Trinajstić information content (AvgIpc) is 2.79. The van der Waals surface area contributed by atoms with Gasteiger partial charge in [-0.15, -0.1) is 0 Å². The summed E-state index contributed by atoms with van der Waals surface area (Å²) in [4.78, 5) is 27.5. The number of ether oxygens (including phenoxy) is 2. The highest BCUT2D eigenvalue weighted by atomic mass is 16.5. The maximum Gasteiger partial charge on any atom is 0.338 e. The maximum atomic E-state index is 13.0. The first-order chi connectivity index (χ1) is 15.8. The Hall–Kier alpha value is -3.48. The van der Waals surface area contributed by atoms with Gasteiger partial charge in [-0.2, -0.15) is 0 Å². The summed E-state index contributed by atoms with van der Waals surface area (Å²) in [7, 11) is 1.93. The number of rotatable bonds is 9. The first-order valence-corrected chi connectivity index (χ1v) is 11.4. The summed E-state index contributed by atoms with van der Waals surface area (Å²) in [5.74, 6) is 0.272. The molecule has 0 radical (unpaired) electrons. The molecule has 0 saturated heterocycles. The first-order valence-electron chi connectivity index (χ1n) is 11.4. The first kappa shape index (κ1) is 24.2. The summed E-state index contributed by atoms with van der Waals surface area (Å²) < 4.78 is 11.1. The van der Waals surface area contributed by atoms with Crippen molar-refractivity contribution in [3.63, 3.8) is 0 Å². The molecule has 2 N–H and O–H groups in total. The standard InChI is InChI=1S/C26H33N3O4/c1-6-18-8-12-20(13-9-18)29(5)16-22-23(25(30)32-7-2)24(28-26(31)27-22)19-10-14-21(15-11-19)33-17(3)4/h8-15,17,24H,6-7,16H2,1-5H3,(H2,27,28,31)/t24-/m1/s1. The zero-order valence-electron chi connectivity index (χ0n) is 20.0. The molecule has 2 amide bonds. The maximum absolute atomic E-state index is 13.0. The Kier molecular flexibility index (Phi) is 7.98. The molecule has 1 atom stereocenters. The second kappa shape index (κ2) is 10.9. The molecule has 2 aromatic carbocycles. The number of hydrogen-bond donors (Lipinski definition) is 2. The molecule has 0 fully saturated rings. The van der Waals surface area contributed by atoms with E-state index in [9.17, 15) is 9.59 Å². The summed E-state index contributed by atoms with van der Waals surface area (Å²) in [6, 6.07) is 14.6. The number of hydrogen-bond acceptors (Lipinski definition) is 5. The van der Waals surface area contributed by atoms with E-state index in [-0.39, 0.29) is 18.7 Å². The van der Waals surface area contributed by atoms with E-state index in [1.54, 1.807) is 6.92 Å². The third-order valence-electron chi connectivity index (χ3n) is 5.41. The summed E-state index contributed by atoms with van der Waals surface area (Å²) in [6.07, 6.45) is 1.02. The van der Waals surface area contributed by atoms with Crippen LogP contribution in [-0.2, 0) is 16.0 Å². The predicted octanol–water partition coefficient (Wildman–Crippen LogP) is 4.34. The fraction of sp³-hybridized carbons (Fsp3) is 0.385. The van der Waals surface area contributed by atoms with Gasteiger partial charge in [0.2, 0.25) is 0 Å². The summed E-state index contributed by atoms with van der Waals surface area (Å²) in [5, 5.41) is 5.70. The molecule has 1 heterocycles. The summed E-state index contributed by atoms with van der Waals surface area (Å²) in [6.45, 7) is 8.38. The number of esters is 1. The number of amides is 2. The lowest BCUT2D eigenvalue weighted by Gasteiger charge is -2.31. The van der Waals surface area contributed by atoms with Crippen molar-refractivity contribution in [3.05, 3.63) is 70.9 Å². The lowest BCUT2D eigenvalue weighted by Crippen LogP contribution is -2.48. The van der Waals surface area contributed by atoms with Crippen LogP contribution in [0.25, 0.3) is 0 Å². The highest BCUT2D eigenvalue weighted by molar-refractivity contribution is 5.95. The van der Waals surface area contributed by atoms with Crippen LogP contribution in [0.15, 0.2) is 59.8 Å². The van der Waals surface area contributed by atoms with Gasteiger partial charge in [0.25, 0.3) is 0 Å². The zero-order chi connectivity index (χ0) is 24.0. The minimum Gasteiger partial charge on any atom is -0.491 e. The number of nitrogens with one attached hydrogen (secondary N) is 2. The SMILES string of the molecule is CCOC(=O)C1=C(CN(C)c2ccc(CC)cc2)NC(=O)N[C@@H]1c1ccc(OC(C)C)cc1. The lowest BCUT2D eigenvalue weighted by molar-refractivity contribution is -0.139. The molecule has 7 nitrogen and oxygen atoms in total. The molecule has 2 aromatic rings. The highest BCUT2D eigenvalue weighted by Gasteiger charge is 2.34. The molecule has 0 saturated carbocycles. The number of nitrogens with zero attached hydrogens (tertiary/aromatic N) is 1. The molecule has 33 heavy (non-hydrogen) atoms. The van der Waals surface area contributed by atoms with E-state index in [4.69, 9.17) is 9.47 Å². The number of carbonyl (C=O) groups is 2. The third kappa shape index (κ3) is 6.06. The van der Waals surface area contributed by atoms with Crippen molar-refractivity contribution in [2.75, 3.05) is 25.1 Å². The van der Waals surface area contributed by atoms with Gasteiger partial charge in [-0.25, -0.2) is 9.59 Å². The lowest BCUT2D eigenvalue weighted by atomic mass is 9.95. The van der Waals surface area contributed by atoms with E-state index < -0.39 is 12.0 Å². The van der Waals surface area contributed by atoms with Gasteiger partial charge in [0, 0.05) is 12.7 Å². The van der Waals surface area contributed by atoms with Crippen molar-refractivity contribution in [1.82, 2.24) is 10.6 Å². The van der Waals surface area contributed by atoms with Crippen LogP contribution in [0.2, 0.25) is 0 Å². The minimum atomic E-state index is -0.628. The van der Waals surface area contributed by atoms with Gasteiger partial charge in [-0.3, -0.25) is 0 Å². The minimum absolute atomic E-state index is 0.0537. The fourth-order valence-electron chi connectivity index (χ4n) is 3.77. The quantitative estimate of drug-likeness (QED) is 0.555. The average molecular weight is 452 g/mol. The third-order valence-corrected chi connectivity index (χ3v) is 5.41. The van der Waals surface area contributed by atoms with E-state index in [0.29, 0.717) is 17.8 Å². The van der Waals surface area contributed by atoms with Crippen molar-refractivity contribution >= 4 is 17.7 Å². The molecule has 0 aromatic heterocycles. The summed E-state index contributed by atoms with van der Waals surface area (Å²) in [5.41, 5.74) is 3.93. The van der Waals surface area contributed by atoms with Crippen LogP contribution in [-0.4, -0.2) is 38.3 Å². The van der Waals surface area contributed by atoms with Crippen molar-refractivity contribution in [2.24, 2.45) is 0 Å². The summed E-state index contributed by atoms with van der Waals surface area (Å²) >= 11 is 0. The van der Waals surface area contributed by atoms with Gasteiger partial charge < -0.3 is 25.0 Å². The molecular weight excluding hydrogens is 418 g/mol. The van der Waals surface area contributed by atoms with E-state index in [0.717, 1.165) is 23.4 Å². The second-order valence-corrected chi connectivity index (χ2v) is 8.26. The largest absolute Gasteiger partial charge is 0.491 e. The van der Waals surface area contributed by atoms with Crippen LogP contribution in [0, 0.1) is 0 Å². The molecule has 1 aliphatic rings. The molecular formula is C26H33N3O4. The van der Waals surface area contributed by atoms with Gasteiger partial charge in [0.05, 0.1) is 36.6 Å². The predicted molar refractivity (Wildman–Crippen MR) is 129 cm³/mol. The Labute approximate surface area is 195 Å². The van der Waals surface area contributed by atoms with Crippen LogP contribution < -0.4 is 20.3 Å². The number of likely N-dealkylation sites (N-methyl/N-ethyl adjacent to an activating group) is 1. The van der Waals surface area contributed by atoms with E-state index in [1.807, 2.05) is 62.2 Å². The number of aryl methyl sites for hydroxylation is 1. The van der Waals surface area contributed by atoms with Crippen LogP contribution in [0.5, 0.6) is 5.75 Å². The molecule has 176 valence electrons. The molecule has 7 heteroatoms. The normalized spacial score (nSPS) is 15.7. The Morgan fingerprint density at radius 2 is 1.73 bits per heavy atom. The van der Waals surface area contributed by atoms with Gasteiger partial charge in [0.15, 0.2) is 0 Å².